The lowest BCUT2D eigenvalue weighted by molar-refractivity contribution is -0.135. The molecular formula is C29H36N4O5. The average molecular weight is 521 g/mol. The van der Waals surface area contributed by atoms with E-state index in [4.69, 9.17) is 9.47 Å². The van der Waals surface area contributed by atoms with E-state index in [1.807, 2.05) is 42.2 Å². The van der Waals surface area contributed by atoms with Crippen LogP contribution in [0.3, 0.4) is 0 Å². The normalized spacial score (nSPS) is 21.7. The van der Waals surface area contributed by atoms with Crippen LogP contribution in [0.25, 0.3) is 0 Å². The number of carbonyl (C=O) groups is 3. The zero-order valence-corrected chi connectivity index (χ0v) is 22.0. The molecule has 9 heteroatoms. The maximum absolute atomic E-state index is 13.4. The second-order valence-corrected chi connectivity index (χ2v) is 9.82. The number of fused-ring (bicyclic) bond motifs is 1. The number of anilines is 1. The van der Waals surface area contributed by atoms with Gasteiger partial charge in [-0.1, -0.05) is 30.4 Å². The lowest BCUT2D eigenvalue weighted by Gasteiger charge is -2.41. The van der Waals surface area contributed by atoms with E-state index in [-0.39, 0.29) is 30.9 Å². The number of hydrogen-bond donors (Lipinski definition) is 3. The van der Waals surface area contributed by atoms with Gasteiger partial charge in [0.2, 0.25) is 11.8 Å². The topological polar surface area (TPSA) is 109 Å². The molecule has 2 aromatic rings. The maximum atomic E-state index is 13.4. The minimum Gasteiger partial charge on any atom is -0.497 e. The highest BCUT2D eigenvalue weighted by Crippen LogP contribution is 2.34. The van der Waals surface area contributed by atoms with Crippen LogP contribution in [0.5, 0.6) is 11.5 Å². The zero-order valence-electron chi connectivity index (χ0n) is 22.0. The molecule has 202 valence electrons. The van der Waals surface area contributed by atoms with Crippen LogP contribution in [0.15, 0.2) is 54.6 Å². The first kappa shape index (κ1) is 27.2. The standard InChI is InChI=1S/C29H36N4O5/c1-21-10-11-22(37-2)18-24(21)32-26(34)19-33-16-7-13-29(20-33)12-5-6-17-38-25-9-4-3-8-23(25)27(35)30-14-15-31-28(29)36/h3-6,8-11,18H,7,12-17,19-20H2,1-2H3,(H,30,35)(H,31,36)(H,32,34)/b6-5-. The first-order chi connectivity index (χ1) is 18.4. The Bertz CT molecular complexity index is 1200. The Hall–Kier alpha value is -3.85. The van der Waals surface area contributed by atoms with Crippen molar-refractivity contribution in [3.8, 4) is 11.5 Å². The molecule has 2 heterocycles. The van der Waals surface area contributed by atoms with Gasteiger partial charge in [0.15, 0.2) is 0 Å². The molecule has 0 bridgehead atoms. The molecule has 2 aliphatic rings. The lowest BCUT2D eigenvalue weighted by atomic mass is 9.76. The summed E-state index contributed by atoms with van der Waals surface area (Å²) in [6.07, 6.45) is 5.90. The van der Waals surface area contributed by atoms with Gasteiger partial charge in [-0.15, -0.1) is 0 Å². The van der Waals surface area contributed by atoms with Crippen LogP contribution in [0.4, 0.5) is 5.69 Å². The number of carbonyl (C=O) groups excluding carboxylic acids is 3. The van der Waals surface area contributed by atoms with Crippen molar-refractivity contribution in [1.82, 2.24) is 15.5 Å². The molecule has 0 aromatic heterocycles. The van der Waals surface area contributed by atoms with Gasteiger partial charge in [-0.05, 0) is 56.5 Å². The minimum atomic E-state index is -0.674. The van der Waals surface area contributed by atoms with Crippen LogP contribution >= 0.6 is 0 Å². The largest absolute Gasteiger partial charge is 0.497 e. The third-order valence-corrected chi connectivity index (χ3v) is 7.06. The summed E-state index contributed by atoms with van der Waals surface area (Å²) in [4.78, 5) is 41.0. The Morgan fingerprint density at radius 3 is 2.79 bits per heavy atom. The van der Waals surface area contributed by atoms with Crippen LogP contribution < -0.4 is 25.4 Å². The van der Waals surface area contributed by atoms with Gasteiger partial charge < -0.3 is 25.4 Å². The highest BCUT2D eigenvalue weighted by Gasteiger charge is 2.41. The molecule has 0 saturated carbocycles. The monoisotopic (exact) mass is 520 g/mol. The fraction of sp³-hybridized carbons (Fsp3) is 0.414. The fourth-order valence-corrected chi connectivity index (χ4v) is 4.99. The van der Waals surface area contributed by atoms with Crippen LogP contribution in [0.2, 0.25) is 0 Å². The first-order valence-electron chi connectivity index (χ1n) is 13.0. The summed E-state index contributed by atoms with van der Waals surface area (Å²) < 4.78 is 11.1. The van der Waals surface area contributed by atoms with E-state index < -0.39 is 5.41 Å². The lowest BCUT2D eigenvalue weighted by Crippen LogP contribution is -2.53. The van der Waals surface area contributed by atoms with Crippen LogP contribution in [0, 0.1) is 12.3 Å². The number of methoxy groups -OCH3 is 1. The van der Waals surface area contributed by atoms with Gasteiger partial charge in [-0.2, -0.15) is 0 Å². The Balaban J connectivity index is 1.44. The number of hydrogen-bond acceptors (Lipinski definition) is 6. The van der Waals surface area contributed by atoms with Crippen molar-refractivity contribution in [2.75, 3.05) is 51.8 Å². The average Bonchev–Trinajstić information content (AvgIpc) is 2.91. The molecule has 4 rings (SSSR count). The minimum absolute atomic E-state index is 0.0662. The summed E-state index contributed by atoms with van der Waals surface area (Å²) >= 11 is 0. The molecule has 1 saturated heterocycles. The molecule has 2 aliphatic heterocycles. The van der Waals surface area contributed by atoms with Crippen LogP contribution in [0.1, 0.15) is 35.2 Å². The SMILES string of the molecule is COc1ccc(C)c(NC(=O)CN2CCCC3(C/C=C\COc4ccccc4C(=O)NCCNC3=O)C2)c1. The van der Waals surface area contributed by atoms with Crippen molar-refractivity contribution in [3.63, 3.8) is 0 Å². The molecule has 3 amide bonds. The maximum Gasteiger partial charge on any atom is 0.255 e. The summed E-state index contributed by atoms with van der Waals surface area (Å²) in [5.74, 6) is 0.751. The summed E-state index contributed by atoms with van der Waals surface area (Å²) in [6, 6.07) is 12.7. The van der Waals surface area contributed by atoms with Crippen molar-refractivity contribution >= 4 is 23.4 Å². The van der Waals surface area contributed by atoms with E-state index in [1.54, 1.807) is 31.4 Å². The zero-order chi connectivity index (χ0) is 27.0. The van der Waals surface area contributed by atoms with Crippen molar-refractivity contribution < 1.29 is 23.9 Å². The predicted molar refractivity (Wildman–Crippen MR) is 146 cm³/mol. The number of likely N-dealkylation sites (tertiary alicyclic amines) is 1. The summed E-state index contributed by atoms with van der Waals surface area (Å²) in [5, 5.41) is 8.85. The second kappa shape index (κ2) is 12.6. The van der Waals surface area contributed by atoms with Gasteiger partial charge in [0.05, 0.1) is 24.6 Å². The van der Waals surface area contributed by atoms with E-state index in [9.17, 15) is 14.4 Å². The fourth-order valence-electron chi connectivity index (χ4n) is 4.99. The van der Waals surface area contributed by atoms with Crippen molar-refractivity contribution in [2.45, 2.75) is 26.2 Å². The Kier molecular flexibility index (Phi) is 9.02. The third-order valence-electron chi connectivity index (χ3n) is 7.06. The smallest absolute Gasteiger partial charge is 0.255 e. The number of nitrogens with zero attached hydrogens (tertiary/aromatic N) is 1. The van der Waals surface area contributed by atoms with E-state index in [0.29, 0.717) is 55.2 Å². The van der Waals surface area contributed by atoms with Crippen molar-refractivity contribution in [3.05, 3.63) is 65.7 Å². The van der Waals surface area contributed by atoms with Gasteiger partial charge in [0.25, 0.3) is 5.91 Å². The van der Waals surface area contributed by atoms with E-state index in [0.717, 1.165) is 18.5 Å². The highest BCUT2D eigenvalue weighted by molar-refractivity contribution is 5.97. The van der Waals surface area contributed by atoms with E-state index >= 15 is 0 Å². The van der Waals surface area contributed by atoms with Crippen molar-refractivity contribution in [2.24, 2.45) is 5.41 Å². The molecule has 1 spiro atoms. The van der Waals surface area contributed by atoms with Gasteiger partial charge in [-0.3, -0.25) is 19.3 Å². The molecule has 3 N–H and O–H groups in total. The molecule has 38 heavy (non-hydrogen) atoms. The summed E-state index contributed by atoms with van der Waals surface area (Å²) in [5.41, 5.74) is 1.45. The van der Waals surface area contributed by atoms with Gasteiger partial charge >= 0.3 is 0 Å². The van der Waals surface area contributed by atoms with Crippen LogP contribution in [-0.2, 0) is 9.59 Å². The predicted octanol–water partition coefficient (Wildman–Crippen LogP) is 2.91. The quantitative estimate of drug-likeness (QED) is 0.535. The number of piperidine rings is 1. The molecular weight excluding hydrogens is 484 g/mol. The van der Waals surface area contributed by atoms with Crippen LogP contribution in [-0.4, -0.2) is 69.1 Å². The Morgan fingerprint density at radius 1 is 1.13 bits per heavy atom. The second-order valence-electron chi connectivity index (χ2n) is 9.82. The van der Waals surface area contributed by atoms with Gasteiger partial charge in [0, 0.05) is 31.4 Å². The number of benzene rings is 2. The first-order valence-corrected chi connectivity index (χ1v) is 13.0. The number of allylic oxidation sites excluding steroid dienone is 1. The number of ether oxygens (including phenoxy) is 2. The molecule has 1 atom stereocenters. The third kappa shape index (κ3) is 6.72. The molecule has 2 aromatic carbocycles. The number of aryl methyl sites for hydroxylation is 1. The van der Waals surface area contributed by atoms with Gasteiger partial charge in [0.1, 0.15) is 18.1 Å². The molecule has 1 fully saturated rings. The molecule has 0 aliphatic carbocycles. The number of rotatable bonds is 4. The summed E-state index contributed by atoms with van der Waals surface area (Å²) in [7, 11) is 1.59. The van der Waals surface area contributed by atoms with Gasteiger partial charge in [-0.25, -0.2) is 0 Å². The van der Waals surface area contributed by atoms with E-state index in [1.165, 1.54) is 0 Å². The molecule has 1 unspecified atom stereocenters. The number of amides is 3. The van der Waals surface area contributed by atoms with E-state index in [2.05, 4.69) is 16.0 Å². The number of para-hydroxylation sites is 1. The summed E-state index contributed by atoms with van der Waals surface area (Å²) in [6.45, 7) is 4.22. The highest BCUT2D eigenvalue weighted by atomic mass is 16.5. The number of nitrogens with one attached hydrogen (secondary N) is 3. The Morgan fingerprint density at radius 2 is 1.95 bits per heavy atom. The Labute approximate surface area is 223 Å². The molecule has 0 radical (unpaired) electrons. The van der Waals surface area contributed by atoms with Crippen molar-refractivity contribution in [1.29, 1.82) is 0 Å². The molecule has 9 nitrogen and oxygen atoms in total.